The number of benzene rings is 1. The van der Waals surface area contributed by atoms with Crippen molar-refractivity contribution < 1.29 is 14.3 Å². The van der Waals surface area contributed by atoms with Gasteiger partial charge in [0.25, 0.3) is 5.91 Å². The molecule has 20 heavy (non-hydrogen) atoms. The van der Waals surface area contributed by atoms with Crippen molar-refractivity contribution in [2.75, 3.05) is 31.8 Å². The summed E-state index contributed by atoms with van der Waals surface area (Å²) in [6.45, 7) is 5.41. The van der Waals surface area contributed by atoms with Gasteiger partial charge in [-0.15, -0.1) is 0 Å². The number of ether oxygens (including phenoxy) is 2. The molecule has 5 heteroatoms. The molecule has 0 saturated heterocycles. The lowest BCUT2D eigenvalue weighted by atomic mass is 10.1. The number of hydrogen-bond donors (Lipinski definition) is 1. The van der Waals surface area contributed by atoms with Gasteiger partial charge < -0.3 is 20.1 Å². The fraction of sp³-hybridized carbons (Fsp3) is 0.533. The predicted octanol–water partition coefficient (Wildman–Crippen LogP) is 1.55. The van der Waals surface area contributed by atoms with Gasteiger partial charge in [-0.3, -0.25) is 4.79 Å². The van der Waals surface area contributed by atoms with Gasteiger partial charge in [0.1, 0.15) is 6.61 Å². The first-order chi connectivity index (χ1) is 9.60. The van der Waals surface area contributed by atoms with E-state index in [0.29, 0.717) is 19.8 Å². The van der Waals surface area contributed by atoms with Crippen LogP contribution in [0.4, 0.5) is 5.69 Å². The van der Waals surface area contributed by atoms with Crippen LogP contribution >= 0.6 is 0 Å². The van der Waals surface area contributed by atoms with E-state index >= 15 is 0 Å². The smallest absolute Gasteiger partial charge is 0.253 e. The number of amides is 1. The van der Waals surface area contributed by atoms with Crippen molar-refractivity contribution in [2.24, 2.45) is 5.73 Å². The van der Waals surface area contributed by atoms with Gasteiger partial charge in [0.15, 0.2) is 0 Å². The first kappa shape index (κ1) is 16.6. The molecule has 112 valence electrons. The molecular formula is C15H24N2O3. The molecule has 0 atom stereocenters. The van der Waals surface area contributed by atoms with E-state index in [1.165, 1.54) is 0 Å². The highest BCUT2D eigenvalue weighted by Crippen LogP contribution is 2.18. The van der Waals surface area contributed by atoms with Crippen molar-refractivity contribution in [1.82, 2.24) is 0 Å². The number of nitrogens with zero attached hydrogens (tertiary/aromatic N) is 1. The standard InChI is InChI=1S/C15H24N2O3/c1-12(2)17(15(18)11-20-9-8-19-3)14-6-4-13(10-16)5-7-14/h4-7,12H,8-11,16H2,1-3H3. The lowest BCUT2D eigenvalue weighted by Gasteiger charge is -2.27. The molecule has 0 aliphatic heterocycles. The SMILES string of the molecule is COCCOCC(=O)N(c1ccc(CN)cc1)C(C)C. The van der Waals surface area contributed by atoms with Crippen LogP contribution in [0.1, 0.15) is 19.4 Å². The summed E-state index contributed by atoms with van der Waals surface area (Å²) >= 11 is 0. The van der Waals surface area contributed by atoms with Crippen LogP contribution < -0.4 is 10.6 Å². The normalized spacial score (nSPS) is 10.8. The summed E-state index contributed by atoms with van der Waals surface area (Å²) in [6.07, 6.45) is 0. The average molecular weight is 280 g/mol. The Morgan fingerprint density at radius 3 is 2.40 bits per heavy atom. The van der Waals surface area contributed by atoms with Crippen molar-refractivity contribution in [1.29, 1.82) is 0 Å². The van der Waals surface area contributed by atoms with Crippen LogP contribution in [-0.4, -0.2) is 38.9 Å². The first-order valence-corrected chi connectivity index (χ1v) is 6.78. The number of carbonyl (C=O) groups is 1. The molecule has 0 unspecified atom stereocenters. The molecule has 1 amide bonds. The van der Waals surface area contributed by atoms with E-state index in [1.807, 2.05) is 38.1 Å². The van der Waals surface area contributed by atoms with Gasteiger partial charge in [-0.2, -0.15) is 0 Å². The van der Waals surface area contributed by atoms with E-state index in [2.05, 4.69) is 0 Å². The van der Waals surface area contributed by atoms with Crippen LogP contribution in [0.5, 0.6) is 0 Å². The number of methoxy groups -OCH3 is 1. The molecule has 5 nitrogen and oxygen atoms in total. The third kappa shape index (κ3) is 4.92. The second-order valence-electron chi connectivity index (χ2n) is 4.77. The summed E-state index contributed by atoms with van der Waals surface area (Å²) in [6, 6.07) is 7.76. The van der Waals surface area contributed by atoms with Crippen LogP contribution in [0.3, 0.4) is 0 Å². The summed E-state index contributed by atoms with van der Waals surface area (Å²) in [5.74, 6) is -0.0587. The number of rotatable bonds is 8. The minimum atomic E-state index is -0.0587. The van der Waals surface area contributed by atoms with Crippen LogP contribution in [-0.2, 0) is 20.8 Å². The lowest BCUT2D eigenvalue weighted by Crippen LogP contribution is -2.39. The Morgan fingerprint density at radius 1 is 1.25 bits per heavy atom. The van der Waals surface area contributed by atoms with Crippen LogP contribution in [0, 0.1) is 0 Å². The topological polar surface area (TPSA) is 64.8 Å². The monoisotopic (exact) mass is 280 g/mol. The summed E-state index contributed by atoms with van der Waals surface area (Å²) in [5.41, 5.74) is 7.48. The summed E-state index contributed by atoms with van der Waals surface area (Å²) in [4.78, 5) is 14.0. The largest absolute Gasteiger partial charge is 0.382 e. The summed E-state index contributed by atoms with van der Waals surface area (Å²) < 4.78 is 10.2. The third-order valence-corrected chi connectivity index (χ3v) is 2.89. The molecule has 2 N–H and O–H groups in total. The quantitative estimate of drug-likeness (QED) is 0.734. The molecule has 1 aromatic carbocycles. The second kappa shape index (κ2) is 8.68. The Bertz CT molecular complexity index is 404. The highest BCUT2D eigenvalue weighted by Gasteiger charge is 2.18. The molecule has 0 bridgehead atoms. The molecule has 0 heterocycles. The van der Waals surface area contributed by atoms with Crippen molar-refractivity contribution >= 4 is 11.6 Å². The predicted molar refractivity (Wildman–Crippen MR) is 79.7 cm³/mol. The maximum absolute atomic E-state index is 12.2. The number of nitrogens with two attached hydrogens (primary N) is 1. The molecule has 0 aliphatic carbocycles. The van der Waals surface area contributed by atoms with Crippen LogP contribution in [0.2, 0.25) is 0 Å². The van der Waals surface area contributed by atoms with Crippen molar-refractivity contribution in [3.8, 4) is 0 Å². The van der Waals surface area contributed by atoms with Gasteiger partial charge in [0.2, 0.25) is 0 Å². The molecule has 0 aliphatic rings. The summed E-state index contributed by atoms with van der Waals surface area (Å²) in [7, 11) is 1.60. The molecule has 0 spiro atoms. The zero-order chi connectivity index (χ0) is 15.0. The minimum Gasteiger partial charge on any atom is -0.382 e. The van der Waals surface area contributed by atoms with E-state index < -0.39 is 0 Å². The zero-order valence-corrected chi connectivity index (χ0v) is 12.5. The molecular weight excluding hydrogens is 256 g/mol. The fourth-order valence-electron chi connectivity index (χ4n) is 1.89. The molecule has 0 aromatic heterocycles. The second-order valence-corrected chi connectivity index (χ2v) is 4.77. The van der Waals surface area contributed by atoms with E-state index in [9.17, 15) is 4.79 Å². The Kier molecular flexibility index (Phi) is 7.22. The maximum atomic E-state index is 12.2. The molecule has 0 saturated carbocycles. The van der Waals surface area contributed by atoms with Gasteiger partial charge in [-0.25, -0.2) is 0 Å². The zero-order valence-electron chi connectivity index (χ0n) is 12.5. The maximum Gasteiger partial charge on any atom is 0.253 e. The van der Waals surface area contributed by atoms with E-state index in [-0.39, 0.29) is 18.6 Å². The lowest BCUT2D eigenvalue weighted by molar-refractivity contribution is -0.123. The van der Waals surface area contributed by atoms with Gasteiger partial charge in [-0.1, -0.05) is 12.1 Å². The third-order valence-electron chi connectivity index (χ3n) is 2.89. The Balaban J connectivity index is 2.69. The van der Waals surface area contributed by atoms with E-state index in [1.54, 1.807) is 12.0 Å². The summed E-state index contributed by atoms with van der Waals surface area (Å²) in [5, 5.41) is 0. The van der Waals surface area contributed by atoms with Crippen LogP contribution in [0.15, 0.2) is 24.3 Å². The molecule has 1 rings (SSSR count). The van der Waals surface area contributed by atoms with Gasteiger partial charge in [-0.05, 0) is 31.5 Å². The molecule has 0 fully saturated rings. The number of hydrogen-bond acceptors (Lipinski definition) is 4. The Hall–Kier alpha value is -1.43. The van der Waals surface area contributed by atoms with E-state index in [0.717, 1.165) is 11.3 Å². The highest BCUT2D eigenvalue weighted by molar-refractivity contribution is 5.94. The van der Waals surface area contributed by atoms with Crippen LogP contribution in [0.25, 0.3) is 0 Å². The van der Waals surface area contributed by atoms with E-state index in [4.69, 9.17) is 15.2 Å². The van der Waals surface area contributed by atoms with Gasteiger partial charge in [0, 0.05) is 25.4 Å². The molecule has 1 aromatic rings. The first-order valence-electron chi connectivity index (χ1n) is 6.78. The van der Waals surface area contributed by atoms with Crippen molar-refractivity contribution in [2.45, 2.75) is 26.4 Å². The Morgan fingerprint density at radius 2 is 1.90 bits per heavy atom. The van der Waals surface area contributed by atoms with Gasteiger partial charge >= 0.3 is 0 Å². The van der Waals surface area contributed by atoms with Crippen molar-refractivity contribution in [3.63, 3.8) is 0 Å². The molecule has 0 radical (unpaired) electrons. The van der Waals surface area contributed by atoms with Gasteiger partial charge in [0.05, 0.1) is 13.2 Å². The average Bonchev–Trinajstić information content (AvgIpc) is 2.44. The Labute approximate surface area is 120 Å². The minimum absolute atomic E-state index is 0.0557. The number of anilines is 1. The fourth-order valence-corrected chi connectivity index (χ4v) is 1.89. The number of carbonyl (C=O) groups excluding carboxylic acids is 1. The highest BCUT2D eigenvalue weighted by atomic mass is 16.5. The van der Waals surface area contributed by atoms with Crippen molar-refractivity contribution in [3.05, 3.63) is 29.8 Å².